The molecule has 1 rings (SSSR count). The van der Waals surface area contributed by atoms with Crippen LogP contribution in [-0.2, 0) is 0 Å². The van der Waals surface area contributed by atoms with Gasteiger partial charge in [0.25, 0.3) is 0 Å². The van der Waals surface area contributed by atoms with Gasteiger partial charge in [0.15, 0.2) is 0 Å². The van der Waals surface area contributed by atoms with Gasteiger partial charge < -0.3 is 5.11 Å². The Morgan fingerprint density at radius 3 is 2.17 bits per heavy atom. The highest BCUT2D eigenvalue weighted by Crippen LogP contribution is 2.46. The van der Waals surface area contributed by atoms with E-state index >= 15 is 0 Å². The van der Waals surface area contributed by atoms with Crippen molar-refractivity contribution in [3.8, 4) is 0 Å². The van der Waals surface area contributed by atoms with Crippen LogP contribution in [0.25, 0.3) is 0 Å². The van der Waals surface area contributed by atoms with Crippen LogP contribution < -0.4 is 0 Å². The van der Waals surface area contributed by atoms with E-state index in [9.17, 15) is 5.11 Å². The Labute approximate surface area is 76.2 Å². The molecule has 1 N–H and O–H groups in total. The van der Waals surface area contributed by atoms with Crippen molar-refractivity contribution >= 4 is 0 Å². The lowest BCUT2D eigenvalue weighted by atomic mass is 9.81. The van der Waals surface area contributed by atoms with Crippen LogP contribution in [0.3, 0.4) is 0 Å². The minimum atomic E-state index is -0.138. The van der Waals surface area contributed by atoms with Gasteiger partial charge in [0.1, 0.15) is 0 Å². The number of aliphatic hydroxyl groups is 1. The van der Waals surface area contributed by atoms with E-state index in [0.717, 1.165) is 11.8 Å². The summed E-state index contributed by atoms with van der Waals surface area (Å²) in [4.78, 5) is 0. The van der Waals surface area contributed by atoms with E-state index in [1.807, 2.05) is 6.92 Å². The quantitative estimate of drug-likeness (QED) is 0.675. The molecule has 1 heteroatoms. The van der Waals surface area contributed by atoms with Crippen LogP contribution in [0.1, 0.15) is 47.0 Å². The van der Waals surface area contributed by atoms with E-state index in [1.54, 1.807) is 0 Å². The van der Waals surface area contributed by atoms with Gasteiger partial charge in [-0.05, 0) is 43.4 Å². The molecule has 0 aromatic rings. The smallest absolute Gasteiger partial charge is 0.0565 e. The molecular formula is C11H22O. The zero-order chi connectivity index (χ0) is 9.35. The SMILES string of the molecule is CC(C)[C@H]1CC[C@@](C)(C(C)O)C1. The highest BCUT2D eigenvalue weighted by atomic mass is 16.3. The monoisotopic (exact) mass is 170 g/mol. The fraction of sp³-hybridized carbons (Fsp3) is 1.00. The van der Waals surface area contributed by atoms with E-state index in [2.05, 4.69) is 20.8 Å². The zero-order valence-corrected chi connectivity index (χ0v) is 8.80. The zero-order valence-electron chi connectivity index (χ0n) is 8.80. The van der Waals surface area contributed by atoms with Gasteiger partial charge in [-0.3, -0.25) is 0 Å². The van der Waals surface area contributed by atoms with Crippen molar-refractivity contribution in [2.75, 3.05) is 0 Å². The number of rotatable bonds is 2. The van der Waals surface area contributed by atoms with Crippen molar-refractivity contribution in [1.82, 2.24) is 0 Å². The van der Waals surface area contributed by atoms with E-state index in [-0.39, 0.29) is 11.5 Å². The second-order valence-corrected chi connectivity index (χ2v) is 5.08. The largest absolute Gasteiger partial charge is 0.393 e. The van der Waals surface area contributed by atoms with E-state index < -0.39 is 0 Å². The Kier molecular flexibility index (Phi) is 2.82. The van der Waals surface area contributed by atoms with Crippen molar-refractivity contribution in [1.29, 1.82) is 0 Å². The molecule has 0 radical (unpaired) electrons. The summed E-state index contributed by atoms with van der Waals surface area (Å²) in [5.41, 5.74) is 0.203. The predicted molar refractivity (Wildman–Crippen MR) is 52.0 cm³/mol. The summed E-state index contributed by atoms with van der Waals surface area (Å²) in [6.45, 7) is 8.74. The van der Waals surface area contributed by atoms with E-state index in [4.69, 9.17) is 0 Å². The molecular weight excluding hydrogens is 148 g/mol. The van der Waals surface area contributed by atoms with Crippen molar-refractivity contribution in [2.45, 2.75) is 53.1 Å². The van der Waals surface area contributed by atoms with Crippen molar-refractivity contribution in [3.63, 3.8) is 0 Å². The minimum Gasteiger partial charge on any atom is -0.393 e. The molecule has 3 atom stereocenters. The molecule has 0 saturated heterocycles. The Hall–Kier alpha value is -0.0400. The highest BCUT2D eigenvalue weighted by Gasteiger charge is 2.39. The first-order valence-corrected chi connectivity index (χ1v) is 5.14. The predicted octanol–water partition coefficient (Wildman–Crippen LogP) is 2.83. The minimum absolute atomic E-state index is 0.138. The van der Waals surface area contributed by atoms with Gasteiger partial charge in [-0.1, -0.05) is 20.8 Å². The molecule has 0 aliphatic heterocycles. The maximum atomic E-state index is 9.61. The summed E-state index contributed by atoms with van der Waals surface area (Å²) in [6, 6.07) is 0. The molecule has 0 spiro atoms. The van der Waals surface area contributed by atoms with Crippen LogP contribution in [0.4, 0.5) is 0 Å². The first kappa shape index (κ1) is 10.0. The molecule has 1 fully saturated rings. The number of aliphatic hydroxyl groups excluding tert-OH is 1. The Morgan fingerprint density at radius 1 is 1.33 bits per heavy atom. The molecule has 0 bridgehead atoms. The van der Waals surface area contributed by atoms with Crippen LogP contribution in [-0.4, -0.2) is 11.2 Å². The van der Waals surface area contributed by atoms with Crippen molar-refractivity contribution < 1.29 is 5.11 Å². The van der Waals surface area contributed by atoms with Gasteiger partial charge in [0.2, 0.25) is 0 Å². The summed E-state index contributed by atoms with van der Waals surface area (Å²) < 4.78 is 0. The van der Waals surface area contributed by atoms with Crippen molar-refractivity contribution in [2.24, 2.45) is 17.3 Å². The number of hydrogen-bond acceptors (Lipinski definition) is 1. The van der Waals surface area contributed by atoms with Crippen LogP contribution in [0.5, 0.6) is 0 Å². The summed E-state index contributed by atoms with van der Waals surface area (Å²) in [7, 11) is 0. The van der Waals surface area contributed by atoms with Gasteiger partial charge in [0, 0.05) is 0 Å². The summed E-state index contributed by atoms with van der Waals surface area (Å²) >= 11 is 0. The highest BCUT2D eigenvalue weighted by molar-refractivity contribution is 4.90. The summed E-state index contributed by atoms with van der Waals surface area (Å²) in [5.74, 6) is 1.62. The summed E-state index contributed by atoms with van der Waals surface area (Å²) in [6.07, 6.45) is 3.58. The van der Waals surface area contributed by atoms with Crippen LogP contribution in [0, 0.1) is 17.3 Å². The van der Waals surface area contributed by atoms with Crippen LogP contribution in [0.2, 0.25) is 0 Å². The Balaban J connectivity index is 2.55. The molecule has 0 aromatic heterocycles. The van der Waals surface area contributed by atoms with E-state index in [0.29, 0.717) is 0 Å². The molecule has 0 aromatic carbocycles. The van der Waals surface area contributed by atoms with Crippen LogP contribution in [0.15, 0.2) is 0 Å². The molecule has 0 amide bonds. The third-order valence-electron chi connectivity index (χ3n) is 3.77. The van der Waals surface area contributed by atoms with Gasteiger partial charge in [-0.2, -0.15) is 0 Å². The maximum Gasteiger partial charge on any atom is 0.0565 e. The van der Waals surface area contributed by atoms with Gasteiger partial charge >= 0.3 is 0 Å². The van der Waals surface area contributed by atoms with Gasteiger partial charge in [-0.15, -0.1) is 0 Å². The second-order valence-electron chi connectivity index (χ2n) is 5.08. The molecule has 1 unspecified atom stereocenters. The fourth-order valence-corrected chi connectivity index (χ4v) is 2.27. The Bertz CT molecular complexity index is 151. The molecule has 1 aliphatic rings. The van der Waals surface area contributed by atoms with E-state index in [1.165, 1.54) is 19.3 Å². The lowest BCUT2D eigenvalue weighted by Crippen LogP contribution is -2.27. The topological polar surface area (TPSA) is 20.2 Å². The maximum absolute atomic E-state index is 9.61. The van der Waals surface area contributed by atoms with Crippen LogP contribution >= 0.6 is 0 Å². The third kappa shape index (κ3) is 1.82. The fourth-order valence-electron chi connectivity index (χ4n) is 2.27. The lowest BCUT2D eigenvalue weighted by Gasteiger charge is -2.28. The first-order valence-electron chi connectivity index (χ1n) is 5.14. The average Bonchev–Trinajstić information content (AvgIpc) is 2.33. The Morgan fingerprint density at radius 2 is 1.92 bits per heavy atom. The molecule has 12 heavy (non-hydrogen) atoms. The number of hydrogen-bond donors (Lipinski definition) is 1. The lowest BCUT2D eigenvalue weighted by molar-refractivity contribution is 0.0527. The molecule has 1 aliphatic carbocycles. The van der Waals surface area contributed by atoms with Crippen molar-refractivity contribution in [3.05, 3.63) is 0 Å². The molecule has 72 valence electrons. The second kappa shape index (κ2) is 3.37. The molecule has 1 nitrogen and oxygen atoms in total. The van der Waals surface area contributed by atoms with Gasteiger partial charge in [-0.25, -0.2) is 0 Å². The van der Waals surface area contributed by atoms with Gasteiger partial charge in [0.05, 0.1) is 6.10 Å². The first-order chi connectivity index (χ1) is 5.46. The summed E-state index contributed by atoms with van der Waals surface area (Å²) in [5, 5.41) is 9.61. The normalized spacial score (nSPS) is 39.0. The third-order valence-corrected chi connectivity index (χ3v) is 3.77. The standard InChI is InChI=1S/C11H22O/c1-8(2)10-5-6-11(4,7-10)9(3)12/h8-10,12H,5-7H2,1-4H3/t9?,10-,11+/m0/s1. The average molecular weight is 170 g/mol. The molecule has 0 heterocycles. The molecule has 1 saturated carbocycles.